The fourth-order valence-corrected chi connectivity index (χ4v) is 0.947. The summed E-state index contributed by atoms with van der Waals surface area (Å²) in [5, 5.41) is 17.7. The van der Waals surface area contributed by atoms with Gasteiger partial charge in [0.05, 0.1) is 0 Å². The molecule has 0 radical (unpaired) electrons. The van der Waals surface area contributed by atoms with Crippen molar-refractivity contribution in [3.05, 3.63) is 12.7 Å². The summed E-state index contributed by atoms with van der Waals surface area (Å²) in [6.45, 7) is 4.93. The average Bonchev–Trinajstić information content (AvgIpc) is 2.03. The molecule has 2 N–H and O–H groups in total. The predicted molar refractivity (Wildman–Crippen MR) is 42.6 cm³/mol. The molecule has 2 unspecified atom stereocenters. The van der Waals surface area contributed by atoms with Crippen LogP contribution in [0.5, 0.6) is 0 Å². The molecule has 0 bridgehead atoms. The molecule has 70 valence electrons. The Hall–Kier alpha value is -0.900. The number of hydrogen-bond acceptors (Lipinski definition) is 2. The molecular weight excluding hydrogens is 163 g/mol. The highest BCUT2D eigenvalue weighted by Gasteiger charge is 2.38. The number of aliphatic hydroxyl groups is 1. The number of carboxylic acids is 1. The van der Waals surface area contributed by atoms with Crippen LogP contribution in [0, 0.1) is 0 Å². The first-order chi connectivity index (χ1) is 5.48. The van der Waals surface area contributed by atoms with E-state index in [1.165, 1.54) is 0 Å². The quantitative estimate of drug-likeness (QED) is 0.617. The second-order valence-electron chi connectivity index (χ2n) is 2.65. The van der Waals surface area contributed by atoms with Crippen molar-refractivity contribution in [1.82, 2.24) is 0 Å². The van der Waals surface area contributed by atoms with E-state index in [0.717, 1.165) is 6.08 Å². The number of alkyl halides is 1. The molecule has 0 fully saturated rings. The summed E-state index contributed by atoms with van der Waals surface area (Å²) in [6.07, 6.45) is -0.801. The molecule has 0 aromatic heterocycles. The van der Waals surface area contributed by atoms with E-state index in [4.69, 9.17) is 5.11 Å². The summed E-state index contributed by atoms with van der Waals surface area (Å²) in [6, 6.07) is 0. The minimum Gasteiger partial charge on any atom is -0.479 e. The van der Waals surface area contributed by atoms with Crippen molar-refractivity contribution < 1.29 is 19.4 Å². The molecule has 0 aliphatic carbocycles. The molecule has 12 heavy (non-hydrogen) atoms. The molecule has 0 spiro atoms. The van der Waals surface area contributed by atoms with Gasteiger partial charge in [0.25, 0.3) is 0 Å². The lowest BCUT2D eigenvalue weighted by atomic mass is 9.93. The number of hydrogen-bond donors (Lipinski definition) is 2. The fourth-order valence-electron chi connectivity index (χ4n) is 0.947. The number of carbonyl (C=O) groups is 1. The van der Waals surface area contributed by atoms with E-state index < -0.39 is 17.7 Å². The van der Waals surface area contributed by atoms with Gasteiger partial charge in [-0.25, -0.2) is 9.18 Å². The summed E-state index contributed by atoms with van der Waals surface area (Å²) in [5.41, 5.74) is -1.93. The Morgan fingerprint density at radius 3 is 2.58 bits per heavy atom. The first-order valence-corrected chi connectivity index (χ1v) is 3.70. The van der Waals surface area contributed by atoms with Gasteiger partial charge in [-0.2, -0.15) is 0 Å². The molecule has 4 heteroatoms. The van der Waals surface area contributed by atoms with Crippen LogP contribution in [0.25, 0.3) is 0 Å². The first-order valence-electron chi connectivity index (χ1n) is 3.70. The van der Waals surface area contributed by atoms with Crippen molar-refractivity contribution >= 4 is 5.97 Å². The number of halogens is 1. The van der Waals surface area contributed by atoms with Gasteiger partial charge >= 0.3 is 5.97 Å². The molecule has 0 rings (SSSR count). The van der Waals surface area contributed by atoms with E-state index >= 15 is 0 Å². The van der Waals surface area contributed by atoms with Gasteiger partial charge in [0, 0.05) is 0 Å². The summed E-state index contributed by atoms with van der Waals surface area (Å²) in [4.78, 5) is 10.2. The van der Waals surface area contributed by atoms with Crippen LogP contribution in [-0.2, 0) is 4.79 Å². The Bertz CT molecular complexity index is 181. The first kappa shape index (κ1) is 11.1. The highest BCUT2D eigenvalue weighted by molar-refractivity contribution is 5.74. The van der Waals surface area contributed by atoms with Gasteiger partial charge in [0.15, 0.2) is 0 Å². The number of carboxylic acid groups (broad SMARTS) is 1. The smallest absolute Gasteiger partial charge is 0.341 e. The Morgan fingerprint density at radius 1 is 1.83 bits per heavy atom. The highest BCUT2D eigenvalue weighted by Crippen LogP contribution is 2.21. The van der Waals surface area contributed by atoms with E-state index in [-0.39, 0.29) is 6.42 Å². The van der Waals surface area contributed by atoms with Crippen LogP contribution >= 0.6 is 0 Å². The number of aliphatic carboxylic acids is 1. The fraction of sp³-hybridized carbons (Fsp3) is 0.625. The Morgan fingerprint density at radius 2 is 2.33 bits per heavy atom. The van der Waals surface area contributed by atoms with Crippen LogP contribution in [0.2, 0.25) is 0 Å². The third kappa shape index (κ3) is 2.30. The Labute approximate surface area is 70.5 Å². The molecule has 0 aromatic carbocycles. The van der Waals surface area contributed by atoms with Crippen LogP contribution in [0.3, 0.4) is 0 Å². The van der Waals surface area contributed by atoms with Crippen molar-refractivity contribution in [2.45, 2.75) is 31.5 Å². The van der Waals surface area contributed by atoms with Crippen molar-refractivity contribution in [3.63, 3.8) is 0 Å². The summed E-state index contributed by atoms with van der Waals surface area (Å²) >= 11 is 0. The van der Waals surface area contributed by atoms with Crippen molar-refractivity contribution in [2.24, 2.45) is 0 Å². The maximum Gasteiger partial charge on any atom is 0.341 e. The van der Waals surface area contributed by atoms with Crippen molar-refractivity contribution in [2.75, 3.05) is 0 Å². The second-order valence-corrected chi connectivity index (χ2v) is 2.65. The molecule has 0 saturated heterocycles. The Balaban J connectivity index is 4.49. The zero-order valence-corrected chi connectivity index (χ0v) is 6.96. The van der Waals surface area contributed by atoms with E-state index in [2.05, 4.69) is 6.58 Å². The molecule has 0 aliphatic heterocycles. The monoisotopic (exact) mass is 176 g/mol. The summed E-state index contributed by atoms with van der Waals surface area (Å²) < 4.78 is 12.8. The van der Waals surface area contributed by atoms with Gasteiger partial charge < -0.3 is 10.2 Å². The van der Waals surface area contributed by atoms with Gasteiger partial charge in [-0.15, -0.1) is 6.58 Å². The second kappa shape index (κ2) is 4.21. The van der Waals surface area contributed by atoms with E-state index in [1.54, 1.807) is 6.92 Å². The topological polar surface area (TPSA) is 57.5 Å². The minimum atomic E-state index is -2.30. The standard InChI is InChI=1S/C8H13FO3/c1-3-5-8(12,4-2)6(9)7(10)11/h4,6,12H,2-3,5H2,1H3,(H,10,11). The molecule has 0 saturated carbocycles. The lowest BCUT2D eigenvalue weighted by molar-refractivity contribution is -0.151. The average molecular weight is 176 g/mol. The normalized spacial score (nSPS) is 17.9. The van der Waals surface area contributed by atoms with E-state index in [1.807, 2.05) is 0 Å². The molecule has 2 atom stereocenters. The minimum absolute atomic E-state index is 0.0595. The molecule has 0 amide bonds. The van der Waals surface area contributed by atoms with Crippen LogP contribution in [0.1, 0.15) is 19.8 Å². The van der Waals surface area contributed by atoms with Crippen molar-refractivity contribution in [3.8, 4) is 0 Å². The van der Waals surface area contributed by atoms with Crippen LogP contribution in [0.15, 0.2) is 12.7 Å². The highest BCUT2D eigenvalue weighted by atomic mass is 19.1. The third-order valence-electron chi connectivity index (χ3n) is 1.66. The third-order valence-corrected chi connectivity index (χ3v) is 1.66. The van der Waals surface area contributed by atoms with Crippen LogP contribution in [0.4, 0.5) is 4.39 Å². The number of rotatable bonds is 5. The lowest BCUT2D eigenvalue weighted by Crippen LogP contribution is -2.42. The maximum atomic E-state index is 12.8. The molecule has 3 nitrogen and oxygen atoms in total. The van der Waals surface area contributed by atoms with Gasteiger partial charge in [0.2, 0.25) is 6.17 Å². The lowest BCUT2D eigenvalue weighted by Gasteiger charge is -2.24. The summed E-state index contributed by atoms with van der Waals surface area (Å²) in [7, 11) is 0. The van der Waals surface area contributed by atoms with E-state index in [9.17, 15) is 14.3 Å². The van der Waals surface area contributed by atoms with Crippen LogP contribution in [-0.4, -0.2) is 28.0 Å². The zero-order valence-electron chi connectivity index (χ0n) is 6.96. The molecule has 0 aromatic rings. The Kier molecular flexibility index (Phi) is 3.89. The van der Waals surface area contributed by atoms with Gasteiger partial charge in [-0.1, -0.05) is 19.4 Å². The van der Waals surface area contributed by atoms with Gasteiger partial charge in [0.1, 0.15) is 5.60 Å². The SMILES string of the molecule is C=CC(O)(CCC)C(F)C(=O)O. The molecular formula is C8H13FO3. The van der Waals surface area contributed by atoms with Gasteiger partial charge in [-0.05, 0) is 6.42 Å². The van der Waals surface area contributed by atoms with E-state index in [0.29, 0.717) is 6.42 Å². The zero-order chi connectivity index (χ0) is 9.78. The molecule has 0 heterocycles. The van der Waals surface area contributed by atoms with Crippen molar-refractivity contribution in [1.29, 1.82) is 0 Å². The molecule has 0 aliphatic rings. The largest absolute Gasteiger partial charge is 0.479 e. The maximum absolute atomic E-state index is 12.8. The van der Waals surface area contributed by atoms with Gasteiger partial charge in [-0.3, -0.25) is 0 Å². The van der Waals surface area contributed by atoms with Crippen LogP contribution < -0.4 is 0 Å². The predicted octanol–water partition coefficient (Wildman–Crippen LogP) is 1.13. The summed E-state index contributed by atoms with van der Waals surface area (Å²) in [5.74, 6) is -1.66.